The number of carboxylic acids is 1. The molecule has 7 nitrogen and oxygen atoms in total. The van der Waals surface area contributed by atoms with Gasteiger partial charge in [-0.2, -0.15) is 0 Å². The number of hydrogen-bond donors (Lipinski definition) is 2. The van der Waals surface area contributed by atoms with E-state index in [-0.39, 0.29) is 36.9 Å². The summed E-state index contributed by atoms with van der Waals surface area (Å²) < 4.78 is 5.68. The van der Waals surface area contributed by atoms with Gasteiger partial charge in [0.25, 0.3) is 0 Å². The quantitative estimate of drug-likeness (QED) is 0.576. The minimum Gasteiger partial charge on any atom is -0.481 e. The minimum absolute atomic E-state index is 0.00293. The van der Waals surface area contributed by atoms with Crippen LogP contribution in [0.2, 0.25) is 0 Å². The fourth-order valence-corrected chi connectivity index (χ4v) is 5.39. The average molecular weight is 479 g/mol. The Morgan fingerprint density at radius 3 is 2.29 bits per heavy atom. The number of hydrogen-bond acceptors (Lipinski definition) is 4. The molecule has 1 saturated carbocycles. The Morgan fingerprint density at radius 2 is 1.69 bits per heavy atom. The largest absolute Gasteiger partial charge is 0.481 e. The van der Waals surface area contributed by atoms with E-state index in [1.54, 1.807) is 11.8 Å². The van der Waals surface area contributed by atoms with Crippen molar-refractivity contribution in [2.45, 2.75) is 51.5 Å². The first-order chi connectivity index (χ1) is 16.9. The molecule has 0 heterocycles. The summed E-state index contributed by atoms with van der Waals surface area (Å²) in [6.07, 6.45) is 2.46. The molecule has 0 aliphatic heterocycles. The second-order valence-electron chi connectivity index (χ2n) is 9.65. The SMILES string of the molecule is CCN(CC(C)C(=O)O)C(=O)[C@H]1CCC[C@@H](NC(=O)OCC2c3ccccc3-c3ccccc32)C1. The molecule has 0 bridgehead atoms. The maximum absolute atomic E-state index is 13.0. The smallest absolute Gasteiger partial charge is 0.407 e. The molecule has 2 aromatic carbocycles. The molecule has 2 aliphatic carbocycles. The Kier molecular flexibility index (Phi) is 7.73. The highest BCUT2D eigenvalue weighted by atomic mass is 16.5. The summed E-state index contributed by atoms with van der Waals surface area (Å²) >= 11 is 0. The highest BCUT2D eigenvalue weighted by Crippen LogP contribution is 2.44. The number of fused-ring (bicyclic) bond motifs is 3. The van der Waals surface area contributed by atoms with Crippen molar-refractivity contribution in [1.82, 2.24) is 10.2 Å². The Morgan fingerprint density at radius 1 is 1.06 bits per heavy atom. The highest BCUT2D eigenvalue weighted by molar-refractivity contribution is 5.80. The van der Waals surface area contributed by atoms with Crippen LogP contribution in [0, 0.1) is 11.8 Å². The van der Waals surface area contributed by atoms with Crippen LogP contribution in [0.4, 0.5) is 4.79 Å². The molecule has 1 fully saturated rings. The predicted octanol–water partition coefficient (Wildman–Crippen LogP) is 4.65. The third-order valence-electron chi connectivity index (χ3n) is 7.30. The second-order valence-corrected chi connectivity index (χ2v) is 9.65. The molecule has 3 atom stereocenters. The Labute approximate surface area is 206 Å². The Bertz CT molecular complexity index is 1040. The number of carbonyl (C=O) groups excluding carboxylic acids is 2. The lowest BCUT2D eigenvalue weighted by atomic mass is 9.84. The number of carbonyl (C=O) groups is 3. The normalized spacial score (nSPS) is 19.8. The van der Waals surface area contributed by atoms with E-state index in [9.17, 15) is 19.5 Å². The van der Waals surface area contributed by atoms with Gasteiger partial charge in [-0.15, -0.1) is 0 Å². The first-order valence-electron chi connectivity index (χ1n) is 12.5. The molecule has 0 spiro atoms. The van der Waals surface area contributed by atoms with Crippen LogP contribution in [-0.4, -0.2) is 53.7 Å². The number of carboxylic acid groups (broad SMARTS) is 1. The first kappa shape index (κ1) is 24.8. The molecule has 0 saturated heterocycles. The molecule has 7 heteroatoms. The van der Waals surface area contributed by atoms with E-state index < -0.39 is 18.0 Å². The van der Waals surface area contributed by atoms with Crippen molar-refractivity contribution in [3.63, 3.8) is 0 Å². The third-order valence-corrected chi connectivity index (χ3v) is 7.30. The van der Waals surface area contributed by atoms with E-state index in [4.69, 9.17) is 4.74 Å². The summed E-state index contributed by atoms with van der Waals surface area (Å²) in [4.78, 5) is 38.6. The zero-order valence-corrected chi connectivity index (χ0v) is 20.4. The summed E-state index contributed by atoms with van der Waals surface area (Å²) in [5.74, 6) is -1.77. The number of ether oxygens (including phenoxy) is 1. The van der Waals surface area contributed by atoms with E-state index in [0.717, 1.165) is 19.3 Å². The van der Waals surface area contributed by atoms with Crippen molar-refractivity contribution >= 4 is 18.0 Å². The lowest BCUT2D eigenvalue weighted by Crippen LogP contribution is -2.45. The van der Waals surface area contributed by atoms with Gasteiger partial charge in [-0.1, -0.05) is 61.9 Å². The molecule has 2 aliphatic rings. The van der Waals surface area contributed by atoms with Crippen LogP contribution in [-0.2, 0) is 14.3 Å². The Hall–Kier alpha value is -3.35. The van der Waals surface area contributed by atoms with E-state index in [2.05, 4.69) is 29.6 Å². The zero-order chi connectivity index (χ0) is 24.9. The molecule has 2 aromatic rings. The van der Waals surface area contributed by atoms with Crippen LogP contribution in [0.1, 0.15) is 56.6 Å². The summed E-state index contributed by atoms with van der Waals surface area (Å²) in [5, 5.41) is 12.2. The van der Waals surface area contributed by atoms with Crippen LogP contribution < -0.4 is 5.32 Å². The van der Waals surface area contributed by atoms with Gasteiger partial charge in [-0.25, -0.2) is 4.79 Å². The number of aliphatic carboxylic acids is 1. The van der Waals surface area contributed by atoms with Crippen molar-refractivity contribution in [3.05, 3.63) is 59.7 Å². The van der Waals surface area contributed by atoms with Crippen LogP contribution in [0.3, 0.4) is 0 Å². The maximum Gasteiger partial charge on any atom is 0.407 e. The highest BCUT2D eigenvalue weighted by Gasteiger charge is 2.33. The maximum atomic E-state index is 13.0. The molecule has 1 unspecified atom stereocenters. The molecular weight excluding hydrogens is 444 g/mol. The van der Waals surface area contributed by atoms with Crippen LogP contribution in [0.5, 0.6) is 0 Å². The standard InChI is InChI=1S/C28H34N2O5/c1-3-30(16-18(2)27(32)33)26(31)19-9-8-10-20(15-19)29-28(34)35-17-25-23-13-6-4-11-21(23)22-12-5-7-14-24(22)25/h4-7,11-14,18-20,25H,3,8-10,15-17H2,1-2H3,(H,29,34)(H,32,33)/t18?,19-,20+/m0/s1. The van der Waals surface area contributed by atoms with Gasteiger partial charge in [0.05, 0.1) is 5.92 Å². The fourth-order valence-electron chi connectivity index (χ4n) is 5.39. The van der Waals surface area contributed by atoms with E-state index in [1.807, 2.05) is 31.2 Å². The zero-order valence-electron chi connectivity index (χ0n) is 20.4. The molecular formula is C28H34N2O5. The molecule has 35 heavy (non-hydrogen) atoms. The van der Waals surface area contributed by atoms with Crippen molar-refractivity contribution < 1.29 is 24.2 Å². The van der Waals surface area contributed by atoms with Gasteiger partial charge in [0.1, 0.15) is 6.61 Å². The van der Waals surface area contributed by atoms with Gasteiger partial charge >= 0.3 is 12.1 Å². The van der Waals surface area contributed by atoms with Crippen LogP contribution in [0.25, 0.3) is 11.1 Å². The molecule has 2 amide bonds. The van der Waals surface area contributed by atoms with Gasteiger partial charge in [-0.05, 0) is 48.4 Å². The molecule has 0 aromatic heterocycles. The van der Waals surface area contributed by atoms with E-state index >= 15 is 0 Å². The van der Waals surface area contributed by atoms with Gasteiger partial charge < -0.3 is 20.1 Å². The summed E-state index contributed by atoms with van der Waals surface area (Å²) in [7, 11) is 0. The average Bonchev–Trinajstić information content (AvgIpc) is 3.19. The molecule has 2 N–H and O–H groups in total. The van der Waals surface area contributed by atoms with Crippen molar-refractivity contribution in [3.8, 4) is 11.1 Å². The van der Waals surface area contributed by atoms with E-state index in [1.165, 1.54) is 22.3 Å². The number of alkyl carbamates (subject to hydrolysis) is 1. The number of nitrogens with zero attached hydrogens (tertiary/aromatic N) is 1. The van der Waals surface area contributed by atoms with Gasteiger partial charge in [-0.3, -0.25) is 9.59 Å². The Balaban J connectivity index is 1.33. The fraction of sp³-hybridized carbons (Fsp3) is 0.464. The van der Waals surface area contributed by atoms with Crippen LogP contribution >= 0.6 is 0 Å². The number of amides is 2. The number of nitrogens with one attached hydrogen (secondary N) is 1. The molecule has 4 rings (SSSR count). The third kappa shape index (κ3) is 5.50. The lowest BCUT2D eigenvalue weighted by Gasteiger charge is -2.33. The van der Waals surface area contributed by atoms with Gasteiger partial charge in [0, 0.05) is 31.0 Å². The van der Waals surface area contributed by atoms with E-state index in [0.29, 0.717) is 13.0 Å². The van der Waals surface area contributed by atoms with Gasteiger partial charge in [0.2, 0.25) is 5.91 Å². The summed E-state index contributed by atoms with van der Waals surface area (Å²) in [6.45, 7) is 4.40. The van der Waals surface area contributed by atoms with Gasteiger partial charge in [0.15, 0.2) is 0 Å². The molecule has 186 valence electrons. The van der Waals surface area contributed by atoms with Crippen molar-refractivity contribution in [2.75, 3.05) is 19.7 Å². The monoisotopic (exact) mass is 478 g/mol. The predicted molar refractivity (Wildman–Crippen MR) is 133 cm³/mol. The summed E-state index contributed by atoms with van der Waals surface area (Å²) in [6, 6.07) is 16.3. The lowest BCUT2D eigenvalue weighted by molar-refractivity contribution is -0.144. The van der Waals surface area contributed by atoms with Crippen LogP contribution in [0.15, 0.2) is 48.5 Å². The minimum atomic E-state index is -0.908. The molecule has 0 radical (unpaired) electrons. The summed E-state index contributed by atoms with van der Waals surface area (Å²) in [5.41, 5.74) is 4.70. The number of benzene rings is 2. The first-order valence-corrected chi connectivity index (χ1v) is 12.5. The second kappa shape index (κ2) is 10.9. The van der Waals surface area contributed by atoms with Crippen molar-refractivity contribution in [2.24, 2.45) is 11.8 Å². The van der Waals surface area contributed by atoms with Crippen molar-refractivity contribution in [1.29, 1.82) is 0 Å². The topological polar surface area (TPSA) is 95.9 Å². The number of rotatable bonds is 8.